The van der Waals surface area contributed by atoms with Crippen molar-refractivity contribution < 1.29 is 24.3 Å². The highest BCUT2D eigenvalue weighted by Gasteiger charge is 2.19. The summed E-state index contributed by atoms with van der Waals surface area (Å²) in [6.45, 7) is 7.18. The maximum absolute atomic E-state index is 12.7. The number of rotatable bonds is 7. The van der Waals surface area contributed by atoms with E-state index in [9.17, 15) is 19.7 Å². The van der Waals surface area contributed by atoms with Crippen LogP contribution in [0.4, 0.5) is 5.69 Å². The van der Waals surface area contributed by atoms with Crippen LogP contribution in [0.25, 0.3) is 0 Å². The Bertz CT molecular complexity index is 1180. The van der Waals surface area contributed by atoms with Gasteiger partial charge in [0.15, 0.2) is 0 Å². The van der Waals surface area contributed by atoms with E-state index in [0.29, 0.717) is 27.4 Å². The first-order valence-electron chi connectivity index (χ1n) is 9.72. The number of amides is 1. The highest BCUT2D eigenvalue weighted by molar-refractivity contribution is 7.12. The number of thiophene rings is 1. The lowest BCUT2D eigenvalue weighted by atomic mass is 10.0. The molecule has 1 amide bonds. The topological polar surface area (TPSA) is 108 Å². The summed E-state index contributed by atoms with van der Waals surface area (Å²) in [5.41, 5.74) is 4.60. The minimum atomic E-state index is -0.874. The molecule has 0 aliphatic carbocycles. The summed E-state index contributed by atoms with van der Waals surface area (Å²) < 4.78 is 5.66. The summed E-state index contributed by atoms with van der Waals surface area (Å²) in [6, 6.07) is 9.89. The van der Waals surface area contributed by atoms with E-state index in [1.54, 1.807) is 19.1 Å². The Labute approximate surface area is 188 Å². The van der Waals surface area contributed by atoms with Gasteiger partial charge in [0, 0.05) is 5.56 Å². The number of anilines is 1. The Kier molecular flexibility index (Phi) is 6.89. The molecule has 0 radical (unpaired) electrons. The molecule has 2 aromatic carbocycles. The van der Waals surface area contributed by atoms with Crippen molar-refractivity contribution in [3.63, 3.8) is 0 Å². The van der Waals surface area contributed by atoms with E-state index in [0.717, 1.165) is 16.7 Å². The quantitative estimate of drug-likeness (QED) is 0.229. The van der Waals surface area contributed by atoms with Crippen LogP contribution >= 0.6 is 11.3 Å². The van der Waals surface area contributed by atoms with Crippen LogP contribution in [0.3, 0.4) is 0 Å². The molecule has 1 aromatic heterocycles. The number of aryl methyl sites for hydroxylation is 3. The van der Waals surface area contributed by atoms with Gasteiger partial charge < -0.3 is 14.9 Å². The third-order valence-electron chi connectivity index (χ3n) is 4.93. The monoisotopic (exact) mass is 454 g/mol. The van der Waals surface area contributed by atoms with Crippen molar-refractivity contribution in [1.82, 2.24) is 0 Å². The van der Waals surface area contributed by atoms with Crippen molar-refractivity contribution in [3.05, 3.63) is 90.2 Å². The van der Waals surface area contributed by atoms with Crippen molar-refractivity contribution in [2.24, 2.45) is 0 Å². The summed E-state index contributed by atoms with van der Waals surface area (Å²) in [5.74, 6) is -0.412. The van der Waals surface area contributed by atoms with Crippen LogP contribution < -0.4 is 10.1 Å². The highest BCUT2D eigenvalue weighted by Crippen LogP contribution is 2.34. The maximum Gasteiger partial charge on any atom is 0.343 e. The lowest BCUT2D eigenvalue weighted by Crippen LogP contribution is -2.16. The van der Waals surface area contributed by atoms with Gasteiger partial charge >= 0.3 is 5.97 Å². The number of nitrogens with zero attached hydrogens (tertiary/aromatic N) is 1. The average Bonchev–Trinajstić information content (AvgIpc) is 3.18. The summed E-state index contributed by atoms with van der Waals surface area (Å²) in [4.78, 5) is 40.7. The first-order chi connectivity index (χ1) is 15.2. The van der Waals surface area contributed by atoms with Gasteiger partial charge in [0.2, 0.25) is 0 Å². The third-order valence-corrected chi connectivity index (χ3v) is 5.94. The van der Waals surface area contributed by atoms with Crippen LogP contribution in [0.1, 0.15) is 47.8 Å². The molecule has 0 unspecified atom stereocenters. The van der Waals surface area contributed by atoms with Gasteiger partial charge in [-0.05, 0) is 73.5 Å². The molecule has 8 nitrogen and oxygen atoms in total. The lowest BCUT2D eigenvalue weighted by molar-refractivity contribution is -0.763. The molecule has 1 heterocycles. The number of hydrogen-bond donors (Lipinski definition) is 1. The molecule has 3 aromatic rings. The van der Waals surface area contributed by atoms with Crippen molar-refractivity contribution in [3.8, 4) is 5.75 Å². The number of nitrogens with one attached hydrogen (secondary N) is 1. The standard InChI is InChI=1S/C23H22N2O6S/c1-13-9-10-32-21(13)22(26)24-19-14(2)11-15(3)20(16(19)4)31-23(27)18-7-5-17(6-8-18)12-30-25(28)29/h5-11H,12H2,1-4H3,(H,24,26). The van der Waals surface area contributed by atoms with Crippen LogP contribution in [-0.2, 0) is 11.4 Å². The van der Waals surface area contributed by atoms with Crippen LogP contribution in [0.5, 0.6) is 5.75 Å². The van der Waals surface area contributed by atoms with Gasteiger partial charge in [0.05, 0.1) is 16.1 Å². The molecule has 0 aliphatic rings. The molecule has 32 heavy (non-hydrogen) atoms. The largest absolute Gasteiger partial charge is 0.422 e. The van der Waals surface area contributed by atoms with E-state index >= 15 is 0 Å². The normalized spacial score (nSPS) is 10.5. The van der Waals surface area contributed by atoms with Gasteiger partial charge in [-0.2, -0.15) is 0 Å². The fourth-order valence-electron chi connectivity index (χ4n) is 3.31. The van der Waals surface area contributed by atoms with E-state index in [1.807, 2.05) is 38.3 Å². The van der Waals surface area contributed by atoms with Gasteiger partial charge in [0.1, 0.15) is 12.4 Å². The summed E-state index contributed by atoms with van der Waals surface area (Å²) in [6.07, 6.45) is 0. The average molecular weight is 455 g/mol. The van der Waals surface area contributed by atoms with E-state index in [1.165, 1.54) is 23.5 Å². The minimum Gasteiger partial charge on any atom is -0.422 e. The maximum atomic E-state index is 12.7. The van der Waals surface area contributed by atoms with Gasteiger partial charge in [-0.25, -0.2) is 4.79 Å². The van der Waals surface area contributed by atoms with E-state index in [2.05, 4.69) is 10.2 Å². The molecular weight excluding hydrogens is 432 g/mol. The second kappa shape index (κ2) is 9.61. The van der Waals surface area contributed by atoms with Crippen molar-refractivity contribution >= 4 is 28.9 Å². The highest BCUT2D eigenvalue weighted by atomic mass is 32.1. The van der Waals surface area contributed by atoms with Gasteiger partial charge in [-0.1, -0.05) is 18.2 Å². The minimum absolute atomic E-state index is 0.203. The Hall–Kier alpha value is -3.72. The molecule has 0 saturated heterocycles. The molecule has 0 fully saturated rings. The number of esters is 1. The first-order valence-corrected chi connectivity index (χ1v) is 10.6. The molecule has 0 atom stereocenters. The number of benzene rings is 2. The molecule has 9 heteroatoms. The van der Waals surface area contributed by atoms with Crippen LogP contribution in [-0.4, -0.2) is 17.0 Å². The zero-order chi connectivity index (χ0) is 23.4. The van der Waals surface area contributed by atoms with E-state index in [-0.39, 0.29) is 18.1 Å². The Morgan fingerprint density at radius 2 is 1.72 bits per heavy atom. The number of carbonyl (C=O) groups excluding carboxylic acids is 2. The second-order valence-electron chi connectivity index (χ2n) is 7.31. The van der Waals surface area contributed by atoms with Crippen LogP contribution in [0.2, 0.25) is 0 Å². The zero-order valence-electron chi connectivity index (χ0n) is 18.1. The Balaban J connectivity index is 1.81. The summed E-state index contributed by atoms with van der Waals surface area (Å²) in [5, 5.41) is 14.2. The zero-order valence-corrected chi connectivity index (χ0v) is 18.9. The number of hydrogen-bond acceptors (Lipinski definition) is 7. The van der Waals surface area contributed by atoms with Gasteiger partial charge in [0.25, 0.3) is 11.0 Å². The van der Waals surface area contributed by atoms with Crippen molar-refractivity contribution in [2.45, 2.75) is 34.3 Å². The smallest absolute Gasteiger partial charge is 0.343 e. The SMILES string of the molecule is Cc1ccsc1C(=O)Nc1c(C)cc(C)c(OC(=O)c2ccc(CO[N+](=O)[O-])cc2)c1C. The first kappa shape index (κ1) is 23.0. The molecule has 3 rings (SSSR count). The van der Waals surface area contributed by atoms with Gasteiger partial charge in [-0.15, -0.1) is 21.5 Å². The van der Waals surface area contributed by atoms with Crippen LogP contribution in [0, 0.1) is 37.8 Å². The predicted molar refractivity (Wildman–Crippen MR) is 121 cm³/mol. The van der Waals surface area contributed by atoms with E-state index in [4.69, 9.17) is 4.74 Å². The fraction of sp³-hybridized carbons (Fsp3) is 0.217. The number of carbonyl (C=O) groups is 2. The van der Waals surface area contributed by atoms with Crippen LogP contribution in [0.15, 0.2) is 41.8 Å². The molecule has 166 valence electrons. The van der Waals surface area contributed by atoms with Crippen molar-refractivity contribution in [2.75, 3.05) is 5.32 Å². The molecule has 0 saturated carbocycles. The summed E-state index contributed by atoms with van der Waals surface area (Å²) in [7, 11) is 0. The predicted octanol–water partition coefficient (Wildman–Crippen LogP) is 5.16. The second-order valence-corrected chi connectivity index (χ2v) is 8.23. The molecule has 1 N–H and O–H groups in total. The van der Waals surface area contributed by atoms with Gasteiger partial charge in [-0.3, -0.25) is 4.79 Å². The summed E-state index contributed by atoms with van der Waals surface area (Å²) >= 11 is 1.37. The fourth-order valence-corrected chi connectivity index (χ4v) is 4.13. The molecular formula is C23H22N2O6S. The Morgan fingerprint density at radius 1 is 1.03 bits per heavy atom. The molecule has 0 aliphatic heterocycles. The lowest BCUT2D eigenvalue weighted by Gasteiger charge is -2.18. The van der Waals surface area contributed by atoms with E-state index < -0.39 is 11.1 Å². The Morgan fingerprint density at radius 3 is 2.31 bits per heavy atom. The molecule has 0 bridgehead atoms. The number of ether oxygens (including phenoxy) is 1. The third kappa shape index (κ3) is 5.12. The van der Waals surface area contributed by atoms with Crippen molar-refractivity contribution in [1.29, 1.82) is 0 Å². The molecule has 0 spiro atoms.